The van der Waals surface area contributed by atoms with E-state index >= 15 is 0 Å². The Labute approximate surface area is 83.1 Å². The molecule has 0 fully saturated rings. The largest absolute Gasteiger partial charge is 0.465 e. The summed E-state index contributed by atoms with van der Waals surface area (Å²) < 4.78 is 85.5. The molecule has 0 aliphatic carbocycles. The molecule has 0 spiro atoms. The molecule has 0 unspecified atom stereocenters. The van der Waals surface area contributed by atoms with Crippen molar-refractivity contribution in [1.82, 2.24) is 0 Å². The van der Waals surface area contributed by atoms with Gasteiger partial charge in [0.2, 0.25) is 5.83 Å². The molecule has 3 nitrogen and oxygen atoms in total. The van der Waals surface area contributed by atoms with E-state index in [2.05, 4.69) is 11.3 Å². The fourth-order valence-electron chi connectivity index (χ4n) is 0.466. The molecule has 0 aromatic heterocycles. The van der Waals surface area contributed by atoms with Gasteiger partial charge in [0.05, 0.1) is 0 Å². The first kappa shape index (κ1) is 14.7. The van der Waals surface area contributed by atoms with Crippen molar-refractivity contribution in [2.75, 3.05) is 0 Å². The van der Waals surface area contributed by atoms with E-state index < -0.39 is 29.9 Å². The van der Waals surface area contributed by atoms with E-state index in [9.17, 15) is 35.5 Å². The molecule has 0 aliphatic rings. The smallest absolute Gasteiger partial charge is 0.410 e. The molecular weight excluding hydrogens is 253 g/mol. The third-order valence-corrected chi connectivity index (χ3v) is 1.23. The Morgan fingerprint density at radius 1 is 1.06 bits per heavy atom. The second-order valence-corrected chi connectivity index (χ2v) is 2.43. The van der Waals surface area contributed by atoms with Crippen LogP contribution < -0.4 is 0 Å². The van der Waals surface area contributed by atoms with Crippen LogP contribution in [0.1, 0.15) is 0 Å². The summed E-state index contributed by atoms with van der Waals surface area (Å²) in [6, 6.07) is 0. The molecule has 0 rings (SSSR count). The highest BCUT2D eigenvalue weighted by Crippen LogP contribution is 2.44. The molecular formula is C6H3F7O3. The molecule has 94 valence electrons. The molecule has 0 amide bonds. The van der Waals surface area contributed by atoms with Crippen LogP contribution in [0.15, 0.2) is 12.4 Å². The van der Waals surface area contributed by atoms with Crippen LogP contribution in [0.3, 0.4) is 0 Å². The molecule has 0 saturated carbocycles. The van der Waals surface area contributed by atoms with Gasteiger partial charge in [0.1, 0.15) is 0 Å². The summed E-state index contributed by atoms with van der Waals surface area (Å²) in [5.74, 6) is -10.7. The van der Waals surface area contributed by atoms with Gasteiger partial charge in [-0.15, -0.1) is 0 Å². The standard InChI is InChI=1S/C6H3F7O3/c1-2(7)3(14)16-4(15,5(8,9)10)6(11,12)13/h15H,1H2. The summed E-state index contributed by atoms with van der Waals surface area (Å²) in [6.07, 6.45) is -12.7. The quantitative estimate of drug-likeness (QED) is 0.355. The minimum absolute atomic E-state index is 2.12. The zero-order chi connectivity index (χ0) is 13.4. The lowest BCUT2D eigenvalue weighted by atomic mass is 10.2. The molecule has 0 atom stereocenters. The maximum atomic E-state index is 11.9. The number of aliphatic hydroxyl groups is 1. The van der Waals surface area contributed by atoms with Gasteiger partial charge in [0.25, 0.3) is 0 Å². The van der Waals surface area contributed by atoms with Crippen molar-refractivity contribution in [2.45, 2.75) is 18.1 Å². The predicted octanol–water partition coefficient (Wildman–Crippen LogP) is 1.83. The van der Waals surface area contributed by atoms with Crippen LogP contribution in [0.5, 0.6) is 0 Å². The number of halogens is 7. The minimum Gasteiger partial charge on any atom is -0.410 e. The van der Waals surface area contributed by atoms with Gasteiger partial charge in [-0.3, -0.25) is 0 Å². The van der Waals surface area contributed by atoms with Gasteiger partial charge in [-0.25, -0.2) is 4.79 Å². The van der Waals surface area contributed by atoms with Gasteiger partial charge in [-0.05, 0) is 0 Å². The molecule has 0 aliphatic heterocycles. The van der Waals surface area contributed by atoms with E-state index in [4.69, 9.17) is 5.11 Å². The molecule has 0 saturated heterocycles. The Bertz CT molecular complexity index is 288. The van der Waals surface area contributed by atoms with Gasteiger partial charge in [-0.1, -0.05) is 6.58 Å². The summed E-state index contributed by atoms with van der Waals surface area (Å²) in [6.45, 7) is 2.12. The zero-order valence-electron chi connectivity index (χ0n) is 7.12. The minimum atomic E-state index is -6.36. The Kier molecular flexibility index (Phi) is 3.60. The summed E-state index contributed by atoms with van der Waals surface area (Å²) in [5.41, 5.74) is 0. The SMILES string of the molecule is C=C(F)C(=O)OC(O)(C(F)(F)F)C(F)(F)F. The van der Waals surface area contributed by atoms with Crippen molar-refractivity contribution in [1.29, 1.82) is 0 Å². The molecule has 0 bridgehead atoms. The normalized spacial score (nSPS) is 13.5. The highest BCUT2D eigenvalue weighted by Gasteiger charge is 2.74. The number of ether oxygens (including phenoxy) is 1. The molecule has 0 radical (unpaired) electrons. The average Bonchev–Trinajstić information content (AvgIpc) is 1.99. The van der Waals surface area contributed by atoms with Crippen molar-refractivity contribution in [3.8, 4) is 0 Å². The van der Waals surface area contributed by atoms with Gasteiger partial charge >= 0.3 is 24.1 Å². The molecule has 16 heavy (non-hydrogen) atoms. The number of carbonyl (C=O) groups is 1. The van der Waals surface area contributed by atoms with Crippen LogP contribution >= 0.6 is 0 Å². The van der Waals surface area contributed by atoms with E-state index in [1.165, 1.54) is 0 Å². The van der Waals surface area contributed by atoms with Crippen LogP contribution in [-0.4, -0.2) is 29.2 Å². The summed E-state index contributed by atoms with van der Waals surface area (Å²) in [7, 11) is 0. The fourth-order valence-corrected chi connectivity index (χ4v) is 0.466. The van der Waals surface area contributed by atoms with E-state index in [1.807, 2.05) is 0 Å². The van der Waals surface area contributed by atoms with E-state index in [0.29, 0.717) is 0 Å². The van der Waals surface area contributed by atoms with Crippen LogP contribution in [0.2, 0.25) is 0 Å². The van der Waals surface area contributed by atoms with Crippen molar-refractivity contribution in [3.05, 3.63) is 12.4 Å². The van der Waals surface area contributed by atoms with Crippen molar-refractivity contribution < 1.29 is 45.4 Å². The van der Waals surface area contributed by atoms with E-state index in [0.717, 1.165) is 0 Å². The van der Waals surface area contributed by atoms with Gasteiger partial charge in [-0.2, -0.15) is 30.7 Å². The number of hydrogen-bond donors (Lipinski definition) is 1. The second kappa shape index (κ2) is 3.92. The van der Waals surface area contributed by atoms with E-state index in [1.54, 1.807) is 0 Å². The maximum absolute atomic E-state index is 11.9. The maximum Gasteiger partial charge on any atom is 0.465 e. The molecule has 10 heteroatoms. The summed E-state index contributed by atoms with van der Waals surface area (Å²) >= 11 is 0. The third-order valence-electron chi connectivity index (χ3n) is 1.23. The first-order valence-corrected chi connectivity index (χ1v) is 3.26. The lowest BCUT2D eigenvalue weighted by molar-refractivity contribution is -0.444. The first-order valence-electron chi connectivity index (χ1n) is 3.26. The molecule has 0 heterocycles. The predicted molar refractivity (Wildman–Crippen MR) is 33.4 cm³/mol. The number of hydrogen-bond acceptors (Lipinski definition) is 3. The Morgan fingerprint density at radius 2 is 1.38 bits per heavy atom. The summed E-state index contributed by atoms with van der Waals surface area (Å²) in [4.78, 5) is 10.2. The monoisotopic (exact) mass is 256 g/mol. The Morgan fingerprint density at radius 3 is 1.56 bits per heavy atom. The summed E-state index contributed by atoms with van der Waals surface area (Å²) in [5, 5.41) is 8.20. The van der Waals surface area contributed by atoms with Crippen molar-refractivity contribution >= 4 is 5.97 Å². The third kappa shape index (κ3) is 2.62. The van der Waals surface area contributed by atoms with Crippen LogP contribution in [-0.2, 0) is 9.53 Å². The molecule has 0 aromatic rings. The highest BCUT2D eigenvalue weighted by molar-refractivity contribution is 5.85. The Balaban J connectivity index is 5.30. The molecule has 0 aromatic carbocycles. The first-order chi connectivity index (χ1) is 6.83. The average molecular weight is 256 g/mol. The Hall–Kier alpha value is -1.32. The van der Waals surface area contributed by atoms with Gasteiger partial charge in [0, 0.05) is 0 Å². The van der Waals surface area contributed by atoms with Crippen molar-refractivity contribution in [3.63, 3.8) is 0 Å². The second-order valence-electron chi connectivity index (χ2n) is 2.43. The van der Waals surface area contributed by atoms with Gasteiger partial charge in [0.15, 0.2) is 0 Å². The van der Waals surface area contributed by atoms with Crippen LogP contribution in [0.4, 0.5) is 30.7 Å². The number of carbonyl (C=O) groups excluding carboxylic acids is 1. The number of esters is 1. The molecule has 1 N–H and O–H groups in total. The fraction of sp³-hybridized carbons (Fsp3) is 0.500. The van der Waals surface area contributed by atoms with Crippen LogP contribution in [0.25, 0.3) is 0 Å². The number of alkyl halides is 6. The van der Waals surface area contributed by atoms with E-state index in [-0.39, 0.29) is 0 Å². The highest BCUT2D eigenvalue weighted by atomic mass is 19.4. The van der Waals surface area contributed by atoms with Crippen LogP contribution in [0, 0.1) is 0 Å². The van der Waals surface area contributed by atoms with Gasteiger partial charge < -0.3 is 9.84 Å². The van der Waals surface area contributed by atoms with Crippen molar-refractivity contribution in [2.24, 2.45) is 0 Å². The lowest BCUT2D eigenvalue weighted by Gasteiger charge is -2.30. The zero-order valence-corrected chi connectivity index (χ0v) is 7.12. The lowest BCUT2D eigenvalue weighted by Crippen LogP contribution is -2.59. The topological polar surface area (TPSA) is 46.5 Å². The number of rotatable bonds is 2.